The molecule has 2 aromatic rings. The maximum atomic E-state index is 13.1. The lowest BCUT2D eigenvalue weighted by atomic mass is 10.1. The van der Waals surface area contributed by atoms with Crippen molar-refractivity contribution in [1.29, 1.82) is 0 Å². The second-order valence-corrected chi connectivity index (χ2v) is 12.5. The second-order valence-electron chi connectivity index (χ2n) is 12.5. The van der Waals surface area contributed by atoms with E-state index >= 15 is 0 Å². The van der Waals surface area contributed by atoms with Crippen molar-refractivity contribution in [3.63, 3.8) is 0 Å². The van der Waals surface area contributed by atoms with Crippen LogP contribution < -0.4 is 19.8 Å². The summed E-state index contributed by atoms with van der Waals surface area (Å²) in [6.45, 7) is 12.4. The number of fused-ring (bicyclic) bond motifs is 1. The van der Waals surface area contributed by atoms with Crippen molar-refractivity contribution >= 4 is 11.0 Å². The van der Waals surface area contributed by atoms with Gasteiger partial charge in [-0.25, -0.2) is 4.79 Å². The van der Waals surface area contributed by atoms with Crippen LogP contribution in [0.25, 0.3) is 11.0 Å². The van der Waals surface area contributed by atoms with Gasteiger partial charge in [-0.1, -0.05) is 121 Å². The lowest BCUT2D eigenvalue weighted by molar-refractivity contribution is 0.250. The molecule has 1 aromatic carbocycles. The zero-order chi connectivity index (χ0) is 31.8. The van der Waals surface area contributed by atoms with E-state index in [1.54, 1.807) is 6.07 Å². The summed E-state index contributed by atoms with van der Waals surface area (Å²) in [7, 11) is 0. The molecule has 1 aromatic heterocycles. The average Bonchev–Trinajstić information content (AvgIpc) is 3.00. The minimum atomic E-state index is -0.491. The van der Waals surface area contributed by atoms with Crippen LogP contribution in [0.4, 0.5) is 0 Å². The second kappa shape index (κ2) is 23.7. The Labute approximate surface area is 268 Å². The Morgan fingerprint density at radius 3 is 1.80 bits per heavy atom. The van der Waals surface area contributed by atoms with Gasteiger partial charge in [-0.05, 0) is 64.7 Å². The van der Waals surface area contributed by atoms with Crippen LogP contribution in [0, 0.1) is 0 Å². The number of hydrogen-bond donors (Lipinski definition) is 0. The van der Waals surface area contributed by atoms with E-state index < -0.39 is 5.63 Å². The van der Waals surface area contributed by atoms with Crippen LogP contribution in [0.1, 0.15) is 150 Å². The first-order valence-corrected chi connectivity index (χ1v) is 17.7. The first-order chi connectivity index (χ1) is 21.5. The van der Waals surface area contributed by atoms with Gasteiger partial charge in [-0.2, -0.15) is 0 Å². The van der Waals surface area contributed by atoms with Crippen molar-refractivity contribution in [1.82, 2.24) is 0 Å². The van der Waals surface area contributed by atoms with Crippen LogP contribution in [0.5, 0.6) is 17.2 Å². The molecule has 0 fully saturated rings. The van der Waals surface area contributed by atoms with Crippen molar-refractivity contribution in [3.8, 4) is 17.2 Å². The molecule has 0 atom stereocenters. The lowest BCUT2D eigenvalue weighted by Gasteiger charge is -2.14. The van der Waals surface area contributed by atoms with Gasteiger partial charge in [0.15, 0.2) is 5.75 Å². The Morgan fingerprint density at radius 2 is 1.23 bits per heavy atom. The van der Waals surface area contributed by atoms with E-state index in [2.05, 4.69) is 46.8 Å². The molecule has 0 N–H and O–H groups in total. The number of rotatable bonds is 26. The van der Waals surface area contributed by atoms with Crippen LogP contribution in [-0.2, 0) is 0 Å². The van der Waals surface area contributed by atoms with Crippen LogP contribution in [0.15, 0.2) is 50.7 Å². The molecule has 0 spiro atoms. The van der Waals surface area contributed by atoms with Gasteiger partial charge in [0.25, 0.3) is 0 Å². The molecule has 2 rings (SSSR count). The number of hydrogen-bond acceptors (Lipinski definition) is 5. The summed E-state index contributed by atoms with van der Waals surface area (Å²) in [5.41, 5.74) is 2.61. The van der Waals surface area contributed by atoms with E-state index in [9.17, 15) is 4.79 Å². The fourth-order valence-electron chi connectivity index (χ4n) is 5.28. The Bertz CT molecular complexity index is 1160. The van der Waals surface area contributed by atoms with Gasteiger partial charge in [0, 0.05) is 6.07 Å². The largest absolute Gasteiger partial charge is 0.489 e. The third kappa shape index (κ3) is 15.9. The summed E-state index contributed by atoms with van der Waals surface area (Å²) in [6.07, 6.45) is 25.9. The van der Waals surface area contributed by atoms with Gasteiger partial charge in [0.05, 0.1) is 18.6 Å². The molecule has 0 aliphatic heterocycles. The number of ether oxygens (including phenoxy) is 3. The fourth-order valence-corrected chi connectivity index (χ4v) is 5.28. The van der Waals surface area contributed by atoms with Crippen molar-refractivity contribution < 1.29 is 18.6 Å². The average molecular weight is 611 g/mol. The van der Waals surface area contributed by atoms with Crippen molar-refractivity contribution in [2.24, 2.45) is 0 Å². The summed E-state index contributed by atoms with van der Waals surface area (Å²) >= 11 is 0. The fraction of sp³-hybridized carbons (Fsp3) is 0.667. The predicted molar refractivity (Wildman–Crippen MR) is 187 cm³/mol. The highest BCUT2D eigenvalue weighted by Gasteiger charge is 2.18. The standard InChI is InChI=1S/C39H62O5/c1-6-8-10-12-14-16-18-20-28-42-37-35-26-25-34(41-30-27-33(5)24-22-23-32(3)4)31-36(35)44-39(40)38(37)43-29-21-19-17-15-13-11-9-7-2/h23,25-27,31H,6-22,24,28-30H2,1-5H3/b33-27+. The van der Waals surface area contributed by atoms with E-state index in [0.717, 1.165) is 43.9 Å². The summed E-state index contributed by atoms with van der Waals surface area (Å²) in [5.74, 6) is 1.36. The Morgan fingerprint density at radius 1 is 0.682 bits per heavy atom. The van der Waals surface area contributed by atoms with Gasteiger partial charge in [-0.3, -0.25) is 0 Å². The topological polar surface area (TPSA) is 57.9 Å². The molecule has 0 radical (unpaired) electrons. The molecule has 1 heterocycles. The molecule has 0 amide bonds. The summed E-state index contributed by atoms with van der Waals surface area (Å²) in [4.78, 5) is 13.1. The third-order valence-electron chi connectivity index (χ3n) is 8.05. The molecule has 5 heteroatoms. The van der Waals surface area contributed by atoms with E-state index in [1.807, 2.05) is 12.1 Å². The minimum Gasteiger partial charge on any atom is -0.489 e. The Balaban J connectivity index is 2.03. The van der Waals surface area contributed by atoms with Gasteiger partial charge >= 0.3 is 5.63 Å². The highest BCUT2D eigenvalue weighted by atomic mass is 16.5. The lowest BCUT2D eigenvalue weighted by Crippen LogP contribution is -2.12. The Hall–Kier alpha value is -2.69. The SMILES string of the molecule is CCCCCCCCCCOc1c(OCCCCCCCCCC)c2ccc(OC/C=C(\C)CCC=C(C)C)cc2oc1=O. The van der Waals surface area contributed by atoms with Crippen LogP contribution >= 0.6 is 0 Å². The van der Waals surface area contributed by atoms with E-state index in [1.165, 1.54) is 88.2 Å². The summed E-state index contributed by atoms with van der Waals surface area (Å²) in [5, 5.41) is 0.746. The van der Waals surface area contributed by atoms with Crippen molar-refractivity contribution in [2.75, 3.05) is 19.8 Å². The molecular weight excluding hydrogens is 548 g/mol. The number of unbranched alkanes of at least 4 members (excludes halogenated alkanes) is 14. The van der Waals surface area contributed by atoms with E-state index in [0.29, 0.717) is 36.9 Å². The molecule has 0 saturated carbocycles. The maximum absolute atomic E-state index is 13.1. The smallest absolute Gasteiger partial charge is 0.383 e. The zero-order valence-electron chi connectivity index (χ0n) is 28.8. The predicted octanol–water partition coefficient (Wildman–Crippen LogP) is 11.9. The molecule has 0 bridgehead atoms. The highest BCUT2D eigenvalue weighted by Crippen LogP contribution is 2.35. The van der Waals surface area contributed by atoms with Gasteiger partial charge in [-0.15, -0.1) is 0 Å². The molecule has 0 aliphatic rings. The summed E-state index contributed by atoms with van der Waals surface area (Å²) in [6, 6.07) is 5.62. The molecular formula is C39H62O5. The number of benzene rings is 1. The molecule has 44 heavy (non-hydrogen) atoms. The summed E-state index contributed by atoms with van der Waals surface area (Å²) < 4.78 is 24.1. The Kier molecular flexibility index (Phi) is 20.2. The van der Waals surface area contributed by atoms with Gasteiger partial charge in [0.1, 0.15) is 17.9 Å². The molecule has 5 nitrogen and oxygen atoms in total. The molecule has 0 aliphatic carbocycles. The number of allylic oxidation sites excluding steroid dienone is 3. The van der Waals surface area contributed by atoms with Gasteiger partial charge in [0.2, 0.25) is 5.75 Å². The van der Waals surface area contributed by atoms with Crippen LogP contribution in [0.3, 0.4) is 0 Å². The van der Waals surface area contributed by atoms with E-state index in [-0.39, 0.29) is 5.75 Å². The first kappa shape index (κ1) is 37.5. The van der Waals surface area contributed by atoms with Crippen LogP contribution in [0.2, 0.25) is 0 Å². The van der Waals surface area contributed by atoms with Crippen molar-refractivity contribution in [3.05, 3.63) is 51.9 Å². The molecule has 248 valence electrons. The highest BCUT2D eigenvalue weighted by molar-refractivity contribution is 5.86. The normalized spacial score (nSPS) is 11.6. The monoisotopic (exact) mass is 610 g/mol. The molecule has 0 unspecified atom stereocenters. The zero-order valence-corrected chi connectivity index (χ0v) is 28.8. The van der Waals surface area contributed by atoms with Crippen LogP contribution in [-0.4, -0.2) is 19.8 Å². The van der Waals surface area contributed by atoms with E-state index in [4.69, 9.17) is 18.6 Å². The maximum Gasteiger partial charge on any atom is 0.383 e. The van der Waals surface area contributed by atoms with Crippen molar-refractivity contribution in [2.45, 2.75) is 150 Å². The first-order valence-electron chi connectivity index (χ1n) is 17.7. The molecule has 0 saturated heterocycles. The third-order valence-corrected chi connectivity index (χ3v) is 8.05. The quantitative estimate of drug-likeness (QED) is 0.0602. The minimum absolute atomic E-state index is 0.198. The van der Waals surface area contributed by atoms with Gasteiger partial charge < -0.3 is 18.6 Å².